The van der Waals surface area contributed by atoms with Crippen LogP contribution in [0.25, 0.3) is 36.9 Å². The third-order valence-corrected chi connectivity index (χ3v) is 0. The fraction of sp³-hybridized carbons (Fsp3) is 0. The molecule has 8 heteroatoms. The standard InChI is InChI=1S/HI.6H2N.Ni/h1H;6*1H2;/q;6*-1;+2/p-1. The normalized spacial score (nSPS) is 0. The fourth-order valence-corrected chi connectivity index (χ4v) is 0. The summed E-state index contributed by atoms with van der Waals surface area (Å²) >= 11 is 0. The van der Waals surface area contributed by atoms with Crippen molar-refractivity contribution in [3.8, 4) is 0 Å². The maximum absolute atomic E-state index is 0. The zero-order valence-electron chi connectivity index (χ0n) is 4.16. The summed E-state index contributed by atoms with van der Waals surface area (Å²) in [6.45, 7) is 0. The molecule has 0 aromatic rings. The van der Waals surface area contributed by atoms with Crippen molar-refractivity contribution in [2.45, 2.75) is 0 Å². The Balaban J connectivity index is 0. The molecule has 0 radical (unpaired) electrons. The van der Waals surface area contributed by atoms with Gasteiger partial charge in [-0.2, -0.15) is 0 Å². The van der Waals surface area contributed by atoms with E-state index in [-0.39, 0.29) is 77.4 Å². The maximum atomic E-state index is 0. The Morgan fingerprint density at radius 1 is 0.375 bits per heavy atom. The van der Waals surface area contributed by atoms with Crippen LogP contribution < -0.4 is 24.0 Å². The fourth-order valence-electron chi connectivity index (χ4n) is 0. The molecule has 0 heterocycles. The number of nitrogens with two attached hydrogens (primary N) is 6. The zero-order chi connectivity index (χ0) is 0. The molecule has 0 bridgehead atoms. The molecule has 0 spiro atoms. The van der Waals surface area contributed by atoms with Crippen LogP contribution in [-0.2, 0) is 16.5 Å². The van der Waals surface area contributed by atoms with Crippen molar-refractivity contribution in [1.82, 2.24) is 0 Å². The second-order valence-electron chi connectivity index (χ2n) is 0. The van der Waals surface area contributed by atoms with Crippen molar-refractivity contribution >= 4 is 0 Å². The largest absolute Gasteiger partial charge is 2.00 e. The minimum absolute atomic E-state index is 0. The second-order valence-corrected chi connectivity index (χ2v) is 0. The average Bonchev–Trinajstić information content (AvgIpc) is 0. The van der Waals surface area contributed by atoms with Crippen LogP contribution in [0.4, 0.5) is 0 Å². The number of halogens is 1. The van der Waals surface area contributed by atoms with E-state index in [1.807, 2.05) is 0 Å². The molecule has 0 rings (SSSR count). The van der Waals surface area contributed by atoms with Crippen LogP contribution in [0.5, 0.6) is 0 Å². The third-order valence-electron chi connectivity index (χ3n) is 0. The third kappa shape index (κ3) is 258. The molecule has 0 unspecified atom stereocenters. The Kier molecular flexibility index (Phi) is 29800. The smallest absolute Gasteiger partial charge is 1.00 e. The molecule has 6 nitrogen and oxygen atoms in total. The summed E-state index contributed by atoms with van der Waals surface area (Å²) < 4.78 is 0. The topological polar surface area (TPSA) is 201 Å². The van der Waals surface area contributed by atoms with E-state index >= 15 is 0 Å². The first kappa shape index (κ1) is 592. The molecular formula is H12IN6Ni-5. The Morgan fingerprint density at radius 3 is 0.375 bits per heavy atom. The van der Waals surface area contributed by atoms with Gasteiger partial charge in [-0.25, -0.2) is 0 Å². The van der Waals surface area contributed by atoms with E-state index < -0.39 is 0 Å². The van der Waals surface area contributed by atoms with Gasteiger partial charge in [-0.3, -0.25) is 0 Å². The van der Waals surface area contributed by atoms with Crippen molar-refractivity contribution in [2.24, 2.45) is 0 Å². The first-order valence-corrected chi connectivity index (χ1v) is 0. The van der Waals surface area contributed by atoms with E-state index in [0.717, 1.165) is 0 Å². The minimum Gasteiger partial charge on any atom is -1.00 e. The molecule has 12 N–H and O–H groups in total. The van der Waals surface area contributed by atoms with Crippen molar-refractivity contribution < 1.29 is 40.5 Å². The quantitative estimate of drug-likeness (QED) is 0.455. The average molecular weight is 282 g/mol. The second kappa shape index (κ2) is 403. The van der Waals surface area contributed by atoms with Gasteiger partial charge in [0.2, 0.25) is 0 Å². The van der Waals surface area contributed by atoms with Gasteiger partial charge in [0.1, 0.15) is 0 Å². The summed E-state index contributed by atoms with van der Waals surface area (Å²) in [6, 6.07) is 0. The Bertz CT molecular complexity index is 8.49. The molecule has 0 atom stereocenters. The van der Waals surface area contributed by atoms with Crippen LogP contribution in [0.2, 0.25) is 0 Å². The van der Waals surface area contributed by atoms with E-state index in [1.54, 1.807) is 0 Å². The molecule has 0 saturated carbocycles. The predicted molar refractivity (Wildman–Crippen MR) is 31.7 cm³/mol. The minimum atomic E-state index is 0. The van der Waals surface area contributed by atoms with Crippen LogP contribution in [-0.4, -0.2) is 0 Å². The van der Waals surface area contributed by atoms with E-state index in [0.29, 0.717) is 0 Å². The van der Waals surface area contributed by atoms with Crippen LogP contribution >= 0.6 is 0 Å². The maximum Gasteiger partial charge on any atom is 2.00 e. The van der Waals surface area contributed by atoms with Gasteiger partial charge in [0.15, 0.2) is 0 Å². The molecular weight excluding hydrogens is 270 g/mol. The van der Waals surface area contributed by atoms with Crippen LogP contribution in [0, 0.1) is 0 Å². The molecule has 0 saturated heterocycles. The zero-order valence-corrected chi connectivity index (χ0v) is 7.30. The summed E-state index contributed by atoms with van der Waals surface area (Å²) in [6.07, 6.45) is 0. The summed E-state index contributed by atoms with van der Waals surface area (Å²) in [5.74, 6) is 0. The van der Waals surface area contributed by atoms with Crippen LogP contribution in [0.1, 0.15) is 0 Å². The van der Waals surface area contributed by atoms with Crippen LogP contribution in [0.15, 0.2) is 0 Å². The number of hydrogen-bond acceptors (Lipinski definition) is 0. The number of hydrogen-bond donors (Lipinski definition) is 0. The van der Waals surface area contributed by atoms with Gasteiger partial charge >= 0.3 is 16.5 Å². The van der Waals surface area contributed by atoms with E-state index in [1.165, 1.54) is 0 Å². The molecule has 0 aliphatic heterocycles. The molecule has 0 fully saturated rings. The predicted octanol–water partition coefficient (Wildman–Crippen LogP) is 1.30. The summed E-state index contributed by atoms with van der Waals surface area (Å²) in [4.78, 5) is 0. The molecule has 0 aliphatic carbocycles. The molecule has 0 amide bonds. The first-order chi connectivity index (χ1) is 0. The van der Waals surface area contributed by atoms with Crippen LogP contribution in [0.3, 0.4) is 0 Å². The molecule has 0 aliphatic rings. The van der Waals surface area contributed by atoms with Gasteiger partial charge in [0.05, 0.1) is 0 Å². The van der Waals surface area contributed by atoms with Crippen molar-refractivity contribution in [3.63, 3.8) is 0 Å². The van der Waals surface area contributed by atoms with E-state index in [4.69, 9.17) is 0 Å². The molecule has 0 aromatic carbocycles. The Morgan fingerprint density at radius 2 is 0.375 bits per heavy atom. The molecule has 8 heavy (non-hydrogen) atoms. The molecule has 0 aromatic heterocycles. The van der Waals surface area contributed by atoms with E-state index in [9.17, 15) is 0 Å². The summed E-state index contributed by atoms with van der Waals surface area (Å²) in [7, 11) is 0. The van der Waals surface area contributed by atoms with Crippen molar-refractivity contribution in [2.75, 3.05) is 0 Å². The van der Waals surface area contributed by atoms with Gasteiger partial charge in [-0.15, -0.1) is 0 Å². The van der Waals surface area contributed by atoms with E-state index in [2.05, 4.69) is 0 Å². The van der Waals surface area contributed by atoms with Crippen molar-refractivity contribution in [3.05, 3.63) is 36.9 Å². The van der Waals surface area contributed by atoms with Gasteiger partial charge in [-0.1, -0.05) is 0 Å². The summed E-state index contributed by atoms with van der Waals surface area (Å²) in [5.41, 5.74) is 0. The number of rotatable bonds is 0. The monoisotopic (exact) mass is 281 g/mol. The SMILES string of the molecule is [I-].[NH2-].[NH2-].[NH2-].[NH2-].[NH2-].[NH2-].[Ni+2]. The van der Waals surface area contributed by atoms with Gasteiger partial charge < -0.3 is 60.9 Å². The molecule has 64 valence electrons. The van der Waals surface area contributed by atoms with Gasteiger partial charge in [-0.05, 0) is 0 Å². The Labute approximate surface area is 77.4 Å². The van der Waals surface area contributed by atoms with Crippen molar-refractivity contribution in [1.29, 1.82) is 0 Å². The first-order valence-electron chi connectivity index (χ1n) is 0. The van der Waals surface area contributed by atoms with Gasteiger partial charge in [0.25, 0.3) is 0 Å². The summed E-state index contributed by atoms with van der Waals surface area (Å²) in [5, 5.41) is 0. The Hall–Kier alpha value is 0.984. The van der Waals surface area contributed by atoms with Gasteiger partial charge in [0, 0.05) is 0 Å².